The third-order valence-electron chi connectivity index (χ3n) is 3.13. The average Bonchev–Trinajstić information content (AvgIpc) is 2.26. The highest BCUT2D eigenvalue weighted by Crippen LogP contribution is 2.06. The van der Waals surface area contributed by atoms with Crippen molar-refractivity contribution in [3.8, 4) is 0 Å². The lowest BCUT2D eigenvalue weighted by Gasteiger charge is -2.37. The summed E-state index contributed by atoms with van der Waals surface area (Å²) in [5.41, 5.74) is 1.28. The van der Waals surface area contributed by atoms with Crippen molar-refractivity contribution < 1.29 is 0 Å². The molecule has 1 saturated heterocycles. The summed E-state index contributed by atoms with van der Waals surface area (Å²) in [4.78, 5) is 2.51. The van der Waals surface area contributed by atoms with Gasteiger partial charge in [0.25, 0.3) is 0 Å². The van der Waals surface area contributed by atoms with Gasteiger partial charge in [-0.2, -0.15) is 0 Å². The summed E-state index contributed by atoms with van der Waals surface area (Å²) >= 11 is 0. The Balaban J connectivity index is 1.83. The topological polar surface area (TPSA) is 15.3 Å². The van der Waals surface area contributed by atoms with E-state index in [1.165, 1.54) is 5.56 Å². The Kier molecular flexibility index (Phi) is 4.14. The highest BCUT2D eigenvalue weighted by atomic mass is 15.2. The Morgan fingerprint density at radius 2 is 2.06 bits per heavy atom. The Bertz CT molecular complexity index is 328. The molecule has 0 aliphatic carbocycles. The van der Waals surface area contributed by atoms with E-state index in [2.05, 4.69) is 59.6 Å². The van der Waals surface area contributed by atoms with E-state index in [-0.39, 0.29) is 0 Å². The van der Waals surface area contributed by atoms with Gasteiger partial charge in [0.1, 0.15) is 0 Å². The van der Waals surface area contributed by atoms with Gasteiger partial charge in [-0.25, -0.2) is 0 Å². The maximum Gasteiger partial charge on any atom is 0.0348 e. The van der Waals surface area contributed by atoms with E-state index < -0.39 is 0 Å². The predicted octanol–water partition coefficient (Wildman–Crippen LogP) is 1.99. The van der Waals surface area contributed by atoms with Crippen molar-refractivity contribution in [1.29, 1.82) is 0 Å². The zero-order valence-electron chi connectivity index (χ0n) is 9.89. The lowest BCUT2D eigenvalue weighted by molar-refractivity contribution is 0.169. The minimum Gasteiger partial charge on any atom is -0.314 e. The van der Waals surface area contributed by atoms with Crippen molar-refractivity contribution in [2.45, 2.75) is 13.0 Å². The molecule has 1 N–H and O–H groups in total. The van der Waals surface area contributed by atoms with Crippen LogP contribution in [0.1, 0.15) is 12.5 Å². The number of nitrogens with one attached hydrogen (secondary N) is 1. The molecule has 0 saturated carbocycles. The molecule has 2 rings (SSSR count). The summed E-state index contributed by atoms with van der Waals surface area (Å²) in [6.45, 7) is 6.71. The highest BCUT2D eigenvalue weighted by molar-refractivity contribution is 5.48. The van der Waals surface area contributed by atoms with E-state index in [9.17, 15) is 0 Å². The van der Waals surface area contributed by atoms with Crippen molar-refractivity contribution >= 4 is 6.08 Å². The fourth-order valence-corrected chi connectivity index (χ4v) is 1.96. The summed E-state index contributed by atoms with van der Waals surface area (Å²) in [5.74, 6) is 0. The van der Waals surface area contributed by atoms with Crippen molar-refractivity contribution in [3.63, 3.8) is 0 Å². The fraction of sp³-hybridized carbons (Fsp3) is 0.429. The highest BCUT2D eigenvalue weighted by Gasteiger charge is 2.21. The van der Waals surface area contributed by atoms with Gasteiger partial charge in [-0.15, -0.1) is 0 Å². The molecule has 0 radical (unpaired) electrons. The van der Waals surface area contributed by atoms with E-state index in [1.54, 1.807) is 0 Å². The van der Waals surface area contributed by atoms with E-state index in [1.807, 2.05) is 0 Å². The Morgan fingerprint density at radius 1 is 1.31 bits per heavy atom. The van der Waals surface area contributed by atoms with E-state index in [4.69, 9.17) is 0 Å². The molecule has 0 amide bonds. The second kappa shape index (κ2) is 5.83. The van der Waals surface area contributed by atoms with Crippen molar-refractivity contribution in [1.82, 2.24) is 10.2 Å². The summed E-state index contributed by atoms with van der Waals surface area (Å²) < 4.78 is 0. The minimum absolute atomic E-state index is 0.741. The normalized spacial score (nSPS) is 16.9. The molecule has 1 fully saturated rings. The van der Waals surface area contributed by atoms with Crippen LogP contribution in [-0.4, -0.2) is 37.1 Å². The van der Waals surface area contributed by atoms with Gasteiger partial charge in [0, 0.05) is 25.7 Å². The lowest BCUT2D eigenvalue weighted by atomic mass is 10.1. The van der Waals surface area contributed by atoms with Crippen LogP contribution < -0.4 is 5.32 Å². The molecule has 1 aliphatic rings. The van der Waals surface area contributed by atoms with Gasteiger partial charge < -0.3 is 5.32 Å². The van der Waals surface area contributed by atoms with Gasteiger partial charge in [0.05, 0.1) is 0 Å². The number of rotatable bonds is 5. The van der Waals surface area contributed by atoms with Crippen LogP contribution in [0.25, 0.3) is 6.08 Å². The third-order valence-corrected chi connectivity index (χ3v) is 3.13. The zero-order chi connectivity index (χ0) is 11.2. The number of benzene rings is 1. The summed E-state index contributed by atoms with van der Waals surface area (Å²) in [7, 11) is 0. The molecule has 1 aromatic rings. The van der Waals surface area contributed by atoms with Crippen LogP contribution in [0.3, 0.4) is 0 Å². The predicted molar refractivity (Wildman–Crippen MR) is 69.4 cm³/mol. The van der Waals surface area contributed by atoms with Gasteiger partial charge >= 0.3 is 0 Å². The van der Waals surface area contributed by atoms with E-state index in [0.717, 1.165) is 32.2 Å². The molecule has 1 heterocycles. The smallest absolute Gasteiger partial charge is 0.0348 e. The standard InChI is InChI=1S/C14H20N2/c1-2-16(14-11-15-12-14)10-6-9-13-7-4-3-5-8-13/h3-9,14-15H,2,10-12H2,1H3. The van der Waals surface area contributed by atoms with Gasteiger partial charge in [-0.3, -0.25) is 4.90 Å². The molecule has 1 aromatic carbocycles. The van der Waals surface area contributed by atoms with Crippen LogP contribution in [0.2, 0.25) is 0 Å². The molecule has 1 aliphatic heterocycles. The molecule has 16 heavy (non-hydrogen) atoms. The van der Waals surface area contributed by atoms with Crippen molar-refractivity contribution in [3.05, 3.63) is 42.0 Å². The van der Waals surface area contributed by atoms with Gasteiger partial charge in [0.2, 0.25) is 0 Å². The maximum absolute atomic E-state index is 3.32. The first-order chi connectivity index (χ1) is 7.90. The summed E-state index contributed by atoms with van der Waals surface area (Å²) in [6, 6.07) is 11.2. The van der Waals surface area contributed by atoms with E-state index in [0.29, 0.717) is 0 Å². The Morgan fingerprint density at radius 3 is 2.62 bits per heavy atom. The molecule has 0 atom stereocenters. The van der Waals surface area contributed by atoms with Crippen LogP contribution in [0, 0.1) is 0 Å². The van der Waals surface area contributed by atoms with Crippen LogP contribution in [0.5, 0.6) is 0 Å². The maximum atomic E-state index is 3.32. The number of nitrogens with zero attached hydrogens (tertiary/aromatic N) is 1. The number of hydrogen-bond acceptors (Lipinski definition) is 2. The van der Waals surface area contributed by atoms with Gasteiger partial charge in [0.15, 0.2) is 0 Å². The SMILES string of the molecule is CCN(CC=Cc1ccccc1)C1CNC1. The lowest BCUT2D eigenvalue weighted by Crippen LogP contribution is -2.57. The zero-order valence-corrected chi connectivity index (χ0v) is 9.89. The van der Waals surface area contributed by atoms with Crippen LogP contribution in [0.15, 0.2) is 36.4 Å². The molecule has 0 bridgehead atoms. The number of hydrogen-bond donors (Lipinski definition) is 1. The van der Waals surface area contributed by atoms with Crippen LogP contribution >= 0.6 is 0 Å². The Hall–Kier alpha value is -1.12. The summed E-state index contributed by atoms with van der Waals surface area (Å²) in [5, 5.41) is 3.32. The average molecular weight is 216 g/mol. The van der Waals surface area contributed by atoms with Gasteiger partial charge in [-0.05, 0) is 12.1 Å². The molecule has 0 aromatic heterocycles. The monoisotopic (exact) mass is 216 g/mol. The van der Waals surface area contributed by atoms with Crippen LogP contribution in [0.4, 0.5) is 0 Å². The molecular formula is C14H20N2. The van der Waals surface area contributed by atoms with Crippen molar-refractivity contribution in [2.75, 3.05) is 26.2 Å². The quantitative estimate of drug-likeness (QED) is 0.810. The second-order valence-corrected chi connectivity index (χ2v) is 4.21. The Labute approximate surface area is 98.0 Å². The molecule has 0 unspecified atom stereocenters. The number of likely N-dealkylation sites (N-methyl/N-ethyl adjacent to an activating group) is 1. The fourth-order valence-electron chi connectivity index (χ4n) is 1.96. The van der Waals surface area contributed by atoms with Gasteiger partial charge in [-0.1, -0.05) is 49.4 Å². The van der Waals surface area contributed by atoms with Crippen LogP contribution in [-0.2, 0) is 0 Å². The third kappa shape index (κ3) is 2.94. The second-order valence-electron chi connectivity index (χ2n) is 4.21. The molecule has 2 nitrogen and oxygen atoms in total. The molecule has 0 spiro atoms. The molecule has 86 valence electrons. The first kappa shape index (κ1) is 11.4. The van der Waals surface area contributed by atoms with Crippen molar-refractivity contribution in [2.24, 2.45) is 0 Å². The summed E-state index contributed by atoms with van der Waals surface area (Å²) in [6.07, 6.45) is 4.46. The van der Waals surface area contributed by atoms with E-state index >= 15 is 0 Å². The largest absolute Gasteiger partial charge is 0.314 e. The molecule has 2 heteroatoms. The minimum atomic E-state index is 0.741. The first-order valence-corrected chi connectivity index (χ1v) is 6.06. The first-order valence-electron chi connectivity index (χ1n) is 6.06. The molecular weight excluding hydrogens is 196 g/mol.